The second-order valence-electron chi connectivity index (χ2n) is 4.64. The summed E-state index contributed by atoms with van der Waals surface area (Å²) in [6.07, 6.45) is 3.53. The minimum absolute atomic E-state index is 0.366. The van der Waals surface area contributed by atoms with Crippen LogP contribution in [0.3, 0.4) is 0 Å². The van der Waals surface area contributed by atoms with Gasteiger partial charge in [0.25, 0.3) is 0 Å². The van der Waals surface area contributed by atoms with Crippen molar-refractivity contribution >= 4 is 60.5 Å². The minimum atomic E-state index is 0.366. The maximum Gasteiger partial charge on any atom is 0.0934 e. The third kappa shape index (κ3) is 3.02. The molecule has 0 amide bonds. The molecule has 1 aliphatic rings. The van der Waals surface area contributed by atoms with Gasteiger partial charge in [0.05, 0.1) is 10.4 Å². The molecule has 1 nitrogen and oxygen atoms in total. The molecule has 0 saturated heterocycles. The predicted octanol–water partition coefficient (Wildman–Crippen LogP) is 6.42. The van der Waals surface area contributed by atoms with Gasteiger partial charge < -0.3 is 5.32 Å². The molecule has 1 unspecified atom stereocenters. The van der Waals surface area contributed by atoms with Crippen molar-refractivity contribution in [3.8, 4) is 0 Å². The lowest BCUT2D eigenvalue weighted by molar-refractivity contribution is 0.608. The summed E-state index contributed by atoms with van der Waals surface area (Å²) < 4.78 is 3.05. The predicted molar refractivity (Wildman–Crippen MR) is 90.5 cm³/mol. The summed E-state index contributed by atoms with van der Waals surface area (Å²) in [5.41, 5.74) is 2.50. The highest BCUT2D eigenvalue weighted by molar-refractivity contribution is 9.11. The molecule has 3 rings (SSSR count). The second-order valence-corrected chi connectivity index (χ2v) is 8.18. The number of aryl methyl sites for hydroxylation is 1. The summed E-state index contributed by atoms with van der Waals surface area (Å²) in [6, 6.07) is 8.69. The topological polar surface area (TPSA) is 12.0 Å². The monoisotopic (exact) mass is 419 g/mol. The molecule has 0 spiro atoms. The third-order valence-corrected chi connectivity index (χ3v) is 5.83. The van der Waals surface area contributed by atoms with Crippen LogP contribution in [0.1, 0.15) is 29.3 Å². The van der Waals surface area contributed by atoms with Gasteiger partial charge in [-0.25, -0.2) is 0 Å². The number of anilines is 1. The lowest BCUT2D eigenvalue weighted by Gasteiger charge is -2.25. The first-order valence-corrected chi connectivity index (χ1v) is 8.91. The Hall–Kier alpha value is -0.0300. The van der Waals surface area contributed by atoms with E-state index in [1.165, 1.54) is 16.9 Å². The zero-order valence-corrected chi connectivity index (χ0v) is 14.8. The van der Waals surface area contributed by atoms with Gasteiger partial charge in [-0.15, -0.1) is 11.3 Å². The van der Waals surface area contributed by atoms with Crippen molar-refractivity contribution in [1.82, 2.24) is 0 Å². The fraction of sp³-hybridized carbons (Fsp3) is 0.286. The van der Waals surface area contributed by atoms with Crippen LogP contribution in [0.25, 0.3) is 0 Å². The Kier molecular flexibility index (Phi) is 4.22. The number of hydrogen-bond donors (Lipinski definition) is 1. The molecule has 1 heterocycles. The lowest BCUT2D eigenvalue weighted by atomic mass is 9.94. The molecule has 5 heteroatoms. The first-order valence-electron chi connectivity index (χ1n) is 6.13. The van der Waals surface area contributed by atoms with Gasteiger partial charge in [-0.2, -0.15) is 0 Å². The molecule has 0 fully saturated rings. The van der Waals surface area contributed by atoms with E-state index in [9.17, 15) is 0 Å². The van der Waals surface area contributed by atoms with Gasteiger partial charge in [0.2, 0.25) is 0 Å². The maximum atomic E-state index is 6.15. The number of halogens is 3. The van der Waals surface area contributed by atoms with Crippen molar-refractivity contribution in [2.75, 3.05) is 5.32 Å². The Morgan fingerprint density at radius 1 is 1.26 bits per heavy atom. The summed E-state index contributed by atoms with van der Waals surface area (Å²) in [6.45, 7) is 0. The van der Waals surface area contributed by atoms with E-state index < -0.39 is 0 Å². The molecule has 19 heavy (non-hydrogen) atoms. The highest BCUT2D eigenvalue weighted by atomic mass is 79.9. The molecule has 1 aromatic carbocycles. The van der Waals surface area contributed by atoms with Crippen molar-refractivity contribution < 1.29 is 0 Å². The minimum Gasteiger partial charge on any atom is -0.377 e. The third-order valence-electron chi connectivity index (χ3n) is 3.34. The van der Waals surface area contributed by atoms with E-state index in [4.69, 9.17) is 11.6 Å². The van der Waals surface area contributed by atoms with Gasteiger partial charge in [-0.1, -0.05) is 27.5 Å². The van der Waals surface area contributed by atoms with Crippen molar-refractivity contribution in [3.63, 3.8) is 0 Å². The van der Waals surface area contributed by atoms with E-state index in [-0.39, 0.29) is 0 Å². The van der Waals surface area contributed by atoms with Crippen LogP contribution in [-0.4, -0.2) is 0 Å². The smallest absolute Gasteiger partial charge is 0.0934 e. The molecule has 0 aliphatic heterocycles. The van der Waals surface area contributed by atoms with Crippen LogP contribution in [0, 0.1) is 0 Å². The van der Waals surface area contributed by atoms with Crippen LogP contribution < -0.4 is 5.32 Å². The van der Waals surface area contributed by atoms with Crippen LogP contribution in [0.2, 0.25) is 4.34 Å². The number of fused-ring (bicyclic) bond motifs is 1. The van der Waals surface area contributed by atoms with Crippen LogP contribution in [0.15, 0.2) is 33.2 Å². The molecular weight excluding hydrogens is 409 g/mol. The second kappa shape index (κ2) is 5.76. The summed E-state index contributed by atoms with van der Waals surface area (Å²) >= 11 is 14.9. The Labute approximate surface area is 138 Å². The molecule has 1 atom stereocenters. The highest BCUT2D eigenvalue weighted by Crippen LogP contribution is 2.40. The molecule has 1 aliphatic carbocycles. The van der Waals surface area contributed by atoms with Crippen molar-refractivity contribution in [3.05, 3.63) is 48.0 Å². The zero-order chi connectivity index (χ0) is 13.4. The zero-order valence-electron chi connectivity index (χ0n) is 10.1. The average Bonchev–Trinajstić information content (AvgIpc) is 2.74. The molecule has 1 N–H and O–H groups in total. The molecule has 1 aromatic heterocycles. The van der Waals surface area contributed by atoms with E-state index in [1.807, 2.05) is 0 Å². The standard InChI is InChI=1S/C14H12Br2ClNS/c15-8-4-5-12(10(16)6-8)18-11-2-1-3-13-9(11)7-14(17)19-13/h4-7,11,18H,1-3H2. The molecule has 0 saturated carbocycles. The van der Waals surface area contributed by atoms with Gasteiger partial charge in [-0.3, -0.25) is 0 Å². The number of rotatable bonds is 2. The van der Waals surface area contributed by atoms with Crippen molar-refractivity contribution in [2.45, 2.75) is 25.3 Å². The molecule has 2 aromatic rings. The number of thiophene rings is 1. The van der Waals surface area contributed by atoms with Gasteiger partial charge in [0.1, 0.15) is 0 Å². The number of benzene rings is 1. The van der Waals surface area contributed by atoms with E-state index in [0.29, 0.717) is 6.04 Å². The van der Waals surface area contributed by atoms with E-state index in [0.717, 1.165) is 31.8 Å². The lowest BCUT2D eigenvalue weighted by Crippen LogP contribution is -2.15. The van der Waals surface area contributed by atoms with E-state index >= 15 is 0 Å². The first kappa shape index (κ1) is 13.9. The van der Waals surface area contributed by atoms with Crippen LogP contribution in [0.5, 0.6) is 0 Å². The first-order chi connectivity index (χ1) is 9.13. The molecular formula is C14H12Br2ClNS. The van der Waals surface area contributed by atoms with Gasteiger partial charge >= 0.3 is 0 Å². The van der Waals surface area contributed by atoms with E-state index in [2.05, 4.69) is 61.4 Å². The summed E-state index contributed by atoms with van der Waals surface area (Å²) in [5, 5.41) is 3.63. The SMILES string of the molecule is Clc1cc2c(s1)CCCC2Nc1ccc(Br)cc1Br. The average molecular weight is 422 g/mol. The van der Waals surface area contributed by atoms with Gasteiger partial charge in [0.15, 0.2) is 0 Å². The Balaban J connectivity index is 1.88. The summed E-state index contributed by atoms with van der Waals surface area (Å²) in [7, 11) is 0. The van der Waals surface area contributed by atoms with E-state index in [1.54, 1.807) is 11.3 Å². The van der Waals surface area contributed by atoms with Gasteiger partial charge in [0, 0.05) is 19.5 Å². The normalized spacial score (nSPS) is 18.2. The Morgan fingerprint density at radius 2 is 2.11 bits per heavy atom. The molecule has 0 radical (unpaired) electrons. The Morgan fingerprint density at radius 3 is 2.89 bits per heavy atom. The largest absolute Gasteiger partial charge is 0.377 e. The van der Waals surface area contributed by atoms with Crippen molar-refractivity contribution in [1.29, 1.82) is 0 Å². The number of hydrogen-bond acceptors (Lipinski definition) is 2. The maximum absolute atomic E-state index is 6.15. The summed E-state index contributed by atoms with van der Waals surface area (Å²) in [5.74, 6) is 0. The fourth-order valence-electron chi connectivity index (χ4n) is 2.47. The fourth-order valence-corrected chi connectivity index (χ4v) is 5.01. The van der Waals surface area contributed by atoms with Crippen molar-refractivity contribution in [2.24, 2.45) is 0 Å². The Bertz CT molecular complexity index is 611. The van der Waals surface area contributed by atoms with Crippen LogP contribution in [-0.2, 0) is 6.42 Å². The van der Waals surface area contributed by atoms with Crippen LogP contribution >= 0.6 is 54.8 Å². The highest BCUT2D eigenvalue weighted by Gasteiger charge is 2.23. The summed E-state index contributed by atoms with van der Waals surface area (Å²) in [4.78, 5) is 1.43. The quantitative estimate of drug-likeness (QED) is 0.590. The molecule has 0 bridgehead atoms. The van der Waals surface area contributed by atoms with Gasteiger partial charge in [-0.05, 0) is 65.0 Å². The number of nitrogens with one attached hydrogen (secondary N) is 1. The van der Waals surface area contributed by atoms with Crippen LogP contribution in [0.4, 0.5) is 5.69 Å². The molecule has 100 valence electrons.